The summed E-state index contributed by atoms with van der Waals surface area (Å²) in [6.07, 6.45) is -0.226. The van der Waals surface area contributed by atoms with Crippen LogP contribution >= 0.6 is 0 Å². The molecule has 0 heterocycles. The fourth-order valence-electron chi connectivity index (χ4n) is 2.00. The number of ether oxygens (including phenoxy) is 2. The van der Waals surface area contributed by atoms with Crippen LogP contribution in [0.5, 0.6) is 0 Å². The van der Waals surface area contributed by atoms with Crippen LogP contribution in [0.25, 0.3) is 0 Å². The van der Waals surface area contributed by atoms with Crippen molar-refractivity contribution in [3.63, 3.8) is 0 Å². The van der Waals surface area contributed by atoms with E-state index in [2.05, 4.69) is 10.5 Å². The van der Waals surface area contributed by atoms with Crippen molar-refractivity contribution >= 4 is 17.8 Å². The third-order valence-electron chi connectivity index (χ3n) is 3.07. The minimum atomic E-state index is -0.898. The first kappa shape index (κ1) is 19.5. The Morgan fingerprint density at radius 2 is 1.88 bits per heavy atom. The van der Waals surface area contributed by atoms with E-state index in [-0.39, 0.29) is 12.8 Å². The Bertz CT molecular complexity index is 578. The molecular weight excluding hydrogens is 312 g/mol. The third-order valence-corrected chi connectivity index (χ3v) is 3.07. The van der Waals surface area contributed by atoms with Gasteiger partial charge in [0.15, 0.2) is 0 Å². The van der Waals surface area contributed by atoms with Crippen molar-refractivity contribution in [1.29, 1.82) is 0 Å². The van der Waals surface area contributed by atoms with E-state index in [0.717, 1.165) is 5.56 Å². The standard InChI is InChI=1S/C17H24N2O5/c1-17(2,3)24-16(21)18-14(15(20)23-4)11-10-13(19-22)12-8-6-5-7-9-12/h5-9,14,22H,10-11H2,1-4H3,(H,18,21)/b19-13+/t14-/m0/s1. The normalized spacial score (nSPS) is 13.1. The molecular formula is C17H24N2O5. The first-order valence-corrected chi connectivity index (χ1v) is 7.60. The van der Waals surface area contributed by atoms with Gasteiger partial charge in [0, 0.05) is 0 Å². The summed E-state index contributed by atoms with van der Waals surface area (Å²) < 4.78 is 9.85. The molecule has 7 nitrogen and oxygen atoms in total. The van der Waals surface area contributed by atoms with E-state index in [1.807, 2.05) is 18.2 Å². The van der Waals surface area contributed by atoms with Gasteiger partial charge >= 0.3 is 12.1 Å². The van der Waals surface area contributed by atoms with Crippen LogP contribution in [-0.4, -0.2) is 41.7 Å². The highest BCUT2D eigenvalue weighted by molar-refractivity contribution is 6.00. The summed E-state index contributed by atoms with van der Waals surface area (Å²) in [7, 11) is 1.24. The minimum absolute atomic E-state index is 0.209. The Morgan fingerprint density at radius 3 is 2.38 bits per heavy atom. The number of oxime groups is 1. The highest BCUT2D eigenvalue weighted by atomic mass is 16.6. The number of esters is 1. The van der Waals surface area contributed by atoms with Gasteiger partial charge in [-0.2, -0.15) is 0 Å². The lowest BCUT2D eigenvalue weighted by Crippen LogP contribution is -2.44. The highest BCUT2D eigenvalue weighted by Gasteiger charge is 2.25. The molecule has 24 heavy (non-hydrogen) atoms. The summed E-state index contributed by atoms with van der Waals surface area (Å²) in [5.41, 5.74) is 0.475. The molecule has 132 valence electrons. The number of carbonyl (C=O) groups is 2. The van der Waals surface area contributed by atoms with E-state index in [4.69, 9.17) is 9.47 Å². The van der Waals surface area contributed by atoms with E-state index >= 15 is 0 Å². The van der Waals surface area contributed by atoms with Gasteiger partial charge in [-0.25, -0.2) is 9.59 Å². The topological polar surface area (TPSA) is 97.2 Å². The lowest BCUT2D eigenvalue weighted by Gasteiger charge is -2.22. The summed E-state index contributed by atoms with van der Waals surface area (Å²) in [4.78, 5) is 23.7. The van der Waals surface area contributed by atoms with Crippen LogP contribution in [-0.2, 0) is 14.3 Å². The maximum Gasteiger partial charge on any atom is 0.408 e. The Hall–Kier alpha value is -2.57. The van der Waals surface area contributed by atoms with Crippen molar-refractivity contribution in [2.75, 3.05) is 7.11 Å². The molecule has 1 amide bonds. The SMILES string of the molecule is COC(=O)[C@H](CC/C(=N\O)c1ccccc1)NC(=O)OC(C)(C)C. The van der Waals surface area contributed by atoms with E-state index in [1.165, 1.54) is 7.11 Å². The first-order valence-electron chi connectivity index (χ1n) is 7.60. The number of hydrogen-bond acceptors (Lipinski definition) is 6. The summed E-state index contributed by atoms with van der Waals surface area (Å²) in [5, 5.41) is 14.9. The zero-order valence-corrected chi connectivity index (χ0v) is 14.4. The predicted octanol–water partition coefficient (Wildman–Crippen LogP) is 2.71. The molecule has 0 aromatic heterocycles. The molecule has 1 aromatic rings. The Morgan fingerprint density at radius 1 is 1.25 bits per heavy atom. The molecule has 2 N–H and O–H groups in total. The third kappa shape index (κ3) is 6.68. The fourth-order valence-corrected chi connectivity index (χ4v) is 2.00. The van der Waals surface area contributed by atoms with Crippen LogP contribution in [0.15, 0.2) is 35.5 Å². The zero-order chi connectivity index (χ0) is 18.2. The van der Waals surface area contributed by atoms with Gasteiger partial charge in [0.25, 0.3) is 0 Å². The van der Waals surface area contributed by atoms with Gasteiger partial charge in [-0.3, -0.25) is 0 Å². The van der Waals surface area contributed by atoms with Crippen LogP contribution in [0.2, 0.25) is 0 Å². The number of carbonyl (C=O) groups excluding carboxylic acids is 2. The molecule has 0 bridgehead atoms. The van der Waals surface area contributed by atoms with E-state index < -0.39 is 23.7 Å². The Balaban J connectivity index is 2.73. The smallest absolute Gasteiger partial charge is 0.408 e. The Labute approximate surface area is 141 Å². The number of nitrogens with one attached hydrogen (secondary N) is 1. The second-order valence-electron chi connectivity index (χ2n) is 6.17. The van der Waals surface area contributed by atoms with Crippen LogP contribution in [0.3, 0.4) is 0 Å². The van der Waals surface area contributed by atoms with Crippen LogP contribution in [0.1, 0.15) is 39.2 Å². The molecule has 0 saturated carbocycles. The summed E-state index contributed by atoms with van der Waals surface area (Å²) in [6, 6.07) is 8.17. The summed E-state index contributed by atoms with van der Waals surface area (Å²) in [5.74, 6) is -0.591. The zero-order valence-electron chi connectivity index (χ0n) is 14.4. The molecule has 0 fully saturated rings. The molecule has 0 aliphatic heterocycles. The molecule has 0 saturated heterocycles. The first-order chi connectivity index (χ1) is 11.3. The molecule has 0 unspecified atom stereocenters. The lowest BCUT2D eigenvalue weighted by atomic mass is 10.0. The molecule has 0 radical (unpaired) electrons. The van der Waals surface area contributed by atoms with Gasteiger partial charge in [-0.05, 0) is 39.2 Å². The quantitative estimate of drug-likeness (QED) is 0.360. The maximum atomic E-state index is 11.9. The highest BCUT2D eigenvalue weighted by Crippen LogP contribution is 2.11. The molecule has 0 aliphatic carbocycles. The largest absolute Gasteiger partial charge is 0.467 e. The van der Waals surface area contributed by atoms with Crippen molar-refractivity contribution < 1.29 is 24.3 Å². The summed E-state index contributed by atoms with van der Waals surface area (Å²) in [6.45, 7) is 5.18. The predicted molar refractivity (Wildman–Crippen MR) is 89.2 cm³/mol. The van der Waals surface area contributed by atoms with Gasteiger partial charge in [0.2, 0.25) is 0 Å². The van der Waals surface area contributed by atoms with Gasteiger partial charge in [0.05, 0.1) is 12.8 Å². The van der Waals surface area contributed by atoms with Crippen molar-refractivity contribution in [1.82, 2.24) is 5.32 Å². The number of alkyl carbamates (subject to hydrolysis) is 1. The van der Waals surface area contributed by atoms with Crippen molar-refractivity contribution in [2.24, 2.45) is 5.16 Å². The lowest BCUT2D eigenvalue weighted by molar-refractivity contribution is -0.143. The van der Waals surface area contributed by atoms with Gasteiger partial charge in [-0.1, -0.05) is 35.5 Å². The van der Waals surface area contributed by atoms with Crippen molar-refractivity contribution in [3.05, 3.63) is 35.9 Å². The Kier molecular flexibility index (Phi) is 7.23. The molecule has 7 heteroatoms. The average Bonchev–Trinajstić information content (AvgIpc) is 2.52. The molecule has 1 atom stereocenters. The number of methoxy groups -OCH3 is 1. The molecule has 0 aliphatic rings. The number of nitrogens with zero attached hydrogens (tertiary/aromatic N) is 1. The monoisotopic (exact) mass is 336 g/mol. The number of amides is 1. The number of rotatable bonds is 6. The van der Waals surface area contributed by atoms with E-state index in [9.17, 15) is 14.8 Å². The summed E-state index contributed by atoms with van der Waals surface area (Å²) >= 11 is 0. The van der Waals surface area contributed by atoms with Crippen LogP contribution < -0.4 is 5.32 Å². The molecule has 1 rings (SSSR count). The fraction of sp³-hybridized carbons (Fsp3) is 0.471. The van der Waals surface area contributed by atoms with Gasteiger partial charge < -0.3 is 20.0 Å². The average molecular weight is 336 g/mol. The van der Waals surface area contributed by atoms with Crippen LogP contribution in [0.4, 0.5) is 4.79 Å². The minimum Gasteiger partial charge on any atom is -0.467 e. The molecule has 1 aromatic carbocycles. The van der Waals surface area contributed by atoms with E-state index in [0.29, 0.717) is 5.71 Å². The second kappa shape index (κ2) is 8.90. The number of benzene rings is 1. The number of hydrogen-bond donors (Lipinski definition) is 2. The van der Waals surface area contributed by atoms with Gasteiger partial charge in [-0.15, -0.1) is 0 Å². The van der Waals surface area contributed by atoms with Crippen molar-refractivity contribution in [2.45, 2.75) is 45.3 Å². The van der Waals surface area contributed by atoms with Crippen molar-refractivity contribution in [3.8, 4) is 0 Å². The van der Waals surface area contributed by atoms with E-state index in [1.54, 1.807) is 32.9 Å². The molecule has 0 spiro atoms. The van der Waals surface area contributed by atoms with Crippen LogP contribution in [0, 0.1) is 0 Å². The van der Waals surface area contributed by atoms with Gasteiger partial charge in [0.1, 0.15) is 11.6 Å². The maximum absolute atomic E-state index is 11.9. The second-order valence-corrected chi connectivity index (χ2v) is 6.17.